The monoisotopic (exact) mass is 753 g/mol. The standard InChI is InChI=1S/C49H84O5/c1-3-5-7-9-11-13-15-17-19-21-23-24-26-28-30-32-34-36-38-40-42-44-49(52)54-47(45-50)46-53-48(51)43-41-39-37-35-33-31-29-27-25-22-20-18-16-14-12-10-8-6-4-2/h6,8,12,14,17-20,25,27,31,33,47,50H,3-5,7,9-11,13,15-16,21-24,26,28-30,32,34-46H2,1-2H3/b8-6+,14-12+,19-17+,20-18+,27-25+,33-31+/t47-/m0/s1. The number of allylic oxidation sites excluding steroid dienone is 12. The Hall–Kier alpha value is -2.66. The Balaban J connectivity index is 3.59. The molecule has 0 rings (SSSR count). The minimum absolute atomic E-state index is 0.0858. The van der Waals surface area contributed by atoms with Crippen molar-refractivity contribution < 1.29 is 24.2 Å². The zero-order valence-corrected chi connectivity index (χ0v) is 35.2. The molecule has 0 radical (unpaired) electrons. The third kappa shape index (κ3) is 42.1. The summed E-state index contributed by atoms with van der Waals surface area (Å²) < 4.78 is 10.6. The van der Waals surface area contributed by atoms with E-state index >= 15 is 0 Å². The van der Waals surface area contributed by atoms with E-state index in [-0.39, 0.29) is 25.2 Å². The highest BCUT2D eigenvalue weighted by atomic mass is 16.6. The molecule has 0 spiro atoms. The largest absolute Gasteiger partial charge is 0.462 e. The van der Waals surface area contributed by atoms with Crippen LogP contribution in [0.5, 0.6) is 0 Å². The quantitative estimate of drug-likeness (QED) is 0.0383. The minimum atomic E-state index is -0.789. The van der Waals surface area contributed by atoms with Gasteiger partial charge in [0.05, 0.1) is 6.61 Å². The van der Waals surface area contributed by atoms with Crippen molar-refractivity contribution in [3.63, 3.8) is 0 Å². The second kappa shape index (κ2) is 44.7. The number of carbonyl (C=O) groups excluding carboxylic acids is 2. The van der Waals surface area contributed by atoms with Gasteiger partial charge in [0.2, 0.25) is 0 Å². The lowest BCUT2D eigenvalue weighted by atomic mass is 10.0. The van der Waals surface area contributed by atoms with Crippen molar-refractivity contribution in [2.24, 2.45) is 0 Å². The number of aliphatic hydroxyl groups excluding tert-OH is 1. The first kappa shape index (κ1) is 51.3. The van der Waals surface area contributed by atoms with E-state index in [1.807, 2.05) is 0 Å². The molecule has 5 nitrogen and oxygen atoms in total. The molecule has 0 saturated heterocycles. The molecule has 0 fully saturated rings. The molecule has 0 aliphatic heterocycles. The van der Waals surface area contributed by atoms with Crippen LogP contribution in [0.3, 0.4) is 0 Å². The molecule has 5 heteroatoms. The van der Waals surface area contributed by atoms with Crippen LogP contribution in [0, 0.1) is 0 Å². The highest BCUT2D eigenvalue weighted by molar-refractivity contribution is 5.70. The predicted molar refractivity (Wildman–Crippen MR) is 233 cm³/mol. The first-order chi connectivity index (χ1) is 26.6. The zero-order chi connectivity index (χ0) is 39.3. The highest BCUT2D eigenvalue weighted by Gasteiger charge is 2.16. The number of aliphatic hydroxyl groups is 1. The van der Waals surface area contributed by atoms with E-state index in [0.717, 1.165) is 77.0 Å². The van der Waals surface area contributed by atoms with Crippen molar-refractivity contribution in [1.29, 1.82) is 0 Å². The van der Waals surface area contributed by atoms with Crippen LogP contribution in [0.4, 0.5) is 0 Å². The Morgan fingerprint density at radius 3 is 1.24 bits per heavy atom. The lowest BCUT2D eigenvalue weighted by Gasteiger charge is -2.15. The molecule has 310 valence electrons. The van der Waals surface area contributed by atoms with Crippen LogP contribution in [0.1, 0.15) is 206 Å². The number of unbranched alkanes of at least 4 members (excludes halogenated alkanes) is 20. The third-order valence-electron chi connectivity index (χ3n) is 9.48. The van der Waals surface area contributed by atoms with Crippen LogP contribution in [-0.2, 0) is 19.1 Å². The maximum Gasteiger partial charge on any atom is 0.306 e. The SMILES string of the molecule is CC/C=C/C/C=C/C/C=C/C/C=C/C/C=C/CCCCCC(=O)OC[C@H](CO)OC(=O)CCCCCCCCCCCCC/C=C/CCCCCCCC. The average Bonchev–Trinajstić information content (AvgIpc) is 3.17. The van der Waals surface area contributed by atoms with Crippen molar-refractivity contribution >= 4 is 11.9 Å². The van der Waals surface area contributed by atoms with Crippen molar-refractivity contribution in [3.05, 3.63) is 72.9 Å². The molecule has 0 aromatic rings. The predicted octanol–water partition coefficient (Wildman–Crippen LogP) is 14.5. The van der Waals surface area contributed by atoms with Gasteiger partial charge in [0.25, 0.3) is 0 Å². The van der Waals surface area contributed by atoms with Crippen LogP contribution < -0.4 is 0 Å². The van der Waals surface area contributed by atoms with E-state index in [9.17, 15) is 14.7 Å². The van der Waals surface area contributed by atoms with Gasteiger partial charge in [-0.15, -0.1) is 0 Å². The van der Waals surface area contributed by atoms with E-state index < -0.39 is 6.10 Å². The van der Waals surface area contributed by atoms with Gasteiger partial charge in [-0.3, -0.25) is 9.59 Å². The second-order valence-electron chi connectivity index (χ2n) is 14.7. The third-order valence-corrected chi connectivity index (χ3v) is 9.48. The van der Waals surface area contributed by atoms with Gasteiger partial charge in [0.15, 0.2) is 6.10 Å². The topological polar surface area (TPSA) is 72.8 Å². The van der Waals surface area contributed by atoms with Crippen LogP contribution in [0.2, 0.25) is 0 Å². The number of rotatable bonds is 40. The molecule has 0 bridgehead atoms. The number of carbonyl (C=O) groups is 2. The summed E-state index contributed by atoms with van der Waals surface area (Å²) in [6, 6.07) is 0. The molecule has 0 heterocycles. The van der Waals surface area contributed by atoms with Gasteiger partial charge in [-0.25, -0.2) is 0 Å². The van der Waals surface area contributed by atoms with Gasteiger partial charge in [0, 0.05) is 12.8 Å². The normalized spacial score (nSPS) is 12.9. The number of hydrogen-bond donors (Lipinski definition) is 1. The van der Waals surface area contributed by atoms with Crippen molar-refractivity contribution in [2.45, 2.75) is 213 Å². The minimum Gasteiger partial charge on any atom is -0.462 e. The average molecular weight is 753 g/mol. The van der Waals surface area contributed by atoms with E-state index in [4.69, 9.17) is 9.47 Å². The first-order valence-corrected chi connectivity index (χ1v) is 22.5. The smallest absolute Gasteiger partial charge is 0.306 e. The molecule has 54 heavy (non-hydrogen) atoms. The number of hydrogen-bond acceptors (Lipinski definition) is 5. The molecule has 1 atom stereocenters. The second-order valence-corrected chi connectivity index (χ2v) is 14.7. The summed E-state index contributed by atoms with van der Waals surface area (Å²) in [5.74, 6) is -0.630. The Morgan fingerprint density at radius 2 is 0.796 bits per heavy atom. The molecule has 0 amide bonds. The maximum atomic E-state index is 12.2. The van der Waals surface area contributed by atoms with Gasteiger partial charge in [0.1, 0.15) is 6.61 Å². The first-order valence-electron chi connectivity index (χ1n) is 22.5. The molecule has 0 aromatic heterocycles. The van der Waals surface area contributed by atoms with Crippen molar-refractivity contribution in [3.8, 4) is 0 Å². The summed E-state index contributed by atoms with van der Waals surface area (Å²) >= 11 is 0. The van der Waals surface area contributed by atoms with Crippen LogP contribution in [0.25, 0.3) is 0 Å². The molecule has 0 aromatic carbocycles. The summed E-state index contributed by atoms with van der Waals surface area (Å²) in [5, 5.41) is 9.59. The summed E-state index contributed by atoms with van der Waals surface area (Å²) in [7, 11) is 0. The summed E-state index contributed by atoms with van der Waals surface area (Å²) in [5.41, 5.74) is 0. The van der Waals surface area contributed by atoms with E-state index in [0.29, 0.717) is 12.8 Å². The van der Waals surface area contributed by atoms with Crippen molar-refractivity contribution in [1.82, 2.24) is 0 Å². The fourth-order valence-corrected chi connectivity index (χ4v) is 6.10. The van der Waals surface area contributed by atoms with Gasteiger partial charge in [-0.05, 0) is 83.5 Å². The Kier molecular flexibility index (Phi) is 42.5. The fourth-order valence-electron chi connectivity index (χ4n) is 6.10. The number of esters is 2. The maximum absolute atomic E-state index is 12.2. The lowest BCUT2D eigenvalue weighted by Crippen LogP contribution is -2.28. The van der Waals surface area contributed by atoms with Crippen molar-refractivity contribution in [2.75, 3.05) is 13.2 Å². The Morgan fingerprint density at radius 1 is 0.444 bits per heavy atom. The van der Waals surface area contributed by atoms with Gasteiger partial charge in [-0.1, -0.05) is 183 Å². The molecule has 0 unspecified atom stereocenters. The van der Waals surface area contributed by atoms with Crippen LogP contribution in [0.15, 0.2) is 72.9 Å². The molecular formula is C49H84O5. The Bertz CT molecular complexity index is 988. The van der Waals surface area contributed by atoms with Gasteiger partial charge >= 0.3 is 11.9 Å². The van der Waals surface area contributed by atoms with Crippen LogP contribution >= 0.6 is 0 Å². The van der Waals surface area contributed by atoms with E-state index in [1.165, 1.54) is 103 Å². The zero-order valence-electron chi connectivity index (χ0n) is 35.2. The molecular weight excluding hydrogens is 669 g/mol. The highest BCUT2D eigenvalue weighted by Crippen LogP contribution is 2.14. The summed E-state index contributed by atoms with van der Waals surface area (Å²) in [6.45, 7) is 4.00. The van der Waals surface area contributed by atoms with Gasteiger partial charge < -0.3 is 14.6 Å². The molecule has 1 N–H and O–H groups in total. The lowest BCUT2D eigenvalue weighted by molar-refractivity contribution is -0.161. The molecule has 0 aliphatic carbocycles. The molecule has 0 aliphatic rings. The van der Waals surface area contributed by atoms with E-state index in [1.54, 1.807) is 0 Å². The summed E-state index contributed by atoms with van der Waals surface area (Å²) in [6.07, 6.45) is 59.7. The van der Waals surface area contributed by atoms with Crippen LogP contribution in [-0.4, -0.2) is 36.4 Å². The Labute approximate surface area is 333 Å². The van der Waals surface area contributed by atoms with E-state index in [2.05, 4.69) is 86.8 Å². The molecule has 0 saturated carbocycles. The van der Waals surface area contributed by atoms with Gasteiger partial charge in [-0.2, -0.15) is 0 Å². The number of ether oxygens (including phenoxy) is 2. The summed E-state index contributed by atoms with van der Waals surface area (Å²) in [4.78, 5) is 24.4. The fraction of sp³-hybridized carbons (Fsp3) is 0.714.